The summed E-state index contributed by atoms with van der Waals surface area (Å²) in [6.07, 6.45) is -7.13. The molecule has 0 amide bonds. The molecule has 12 rings (SSSR count). The predicted octanol–water partition coefficient (Wildman–Crippen LogP) is 17.2. The van der Waals surface area contributed by atoms with Crippen molar-refractivity contribution in [1.82, 2.24) is 46.4 Å². The van der Waals surface area contributed by atoms with E-state index in [9.17, 15) is 0 Å². The molecule has 90 heavy (non-hydrogen) atoms. The Morgan fingerprint density at radius 1 is 0.600 bits per heavy atom. The van der Waals surface area contributed by atoms with Crippen molar-refractivity contribution in [1.29, 1.82) is 0 Å². The number of nitrogens with one attached hydrogen (secondary N) is 3. The third-order valence-corrected chi connectivity index (χ3v) is 14.1. The SMILES string of the molecule is [2H]C(C)(C)Oc1ccc(-c2nc(-c3cccc4c3CC[C@@H]4NCCC)no2)cc1[N+]#[C-].[2H]C([2H])(CC)N[C@H]1CCc2c(-c3noc(-c4ccc(OC([2H])(C)C)c([N+]#[C-])c4)n3)cccc21.[2H]c1c([2H])c(-c2noc(-c3c([2H])c([2H])c(OC(C)C)c([N+]#[C-])c3[2H])n2)c2c(c1[2H])[C@@]([2H])(NC([2H])([2H])C([2H])([2H])C)C([2H])([2H])C2([2H])[2H]. The first kappa shape index (κ1) is 43.2. The zero-order chi connectivity index (χ0) is 80.2. The maximum absolute atomic E-state index is 8.98. The molecule has 0 spiro atoms. The van der Waals surface area contributed by atoms with Gasteiger partial charge in [-0.1, -0.05) is 90.8 Å². The molecule has 3 aliphatic carbocycles. The third-order valence-electron chi connectivity index (χ3n) is 14.1. The van der Waals surface area contributed by atoms with Crippen molar-refractivity contribution in [2.75, 3.05) is 19.5 Å². The fraction of sp³-hybridized carbons (Fsp3) is 0.375. The van der Waals surface area contributed by atoms with Gasteiger partial charge < -0.3 is 43.7 Å². The zero-order valence-corrected chi connectivity index (χ0v) is 51.1. The minimum Gasteiger partial charge on any atom is -0.502 e. The first-order chi connectivity index (χ1) is 50.9. The molecule has 18 nitrogen and oxygen atoms in total. The lowest BCUT2D eigenvalue weighted by molar-refractivity contribution is 0.244. The normalized spacial score (nSPS) is 20.9. The average Bonchev–Trinajstić information content (AvgIpc) is 1.51. The highest BCUT2D eigenvalue weighted by molar-refractivity contribution is 5.74. The number of benzene rings is 6. The van der Waals surface area contributed by atoms with E-state index in [1.54, 1.807) is 77.9 Å². The van der Waals surface area contributed by atoms with Crippen LogP contribution in [0.5, 0.6) is 17.2 Å². The van der Waals surface area contributed by atoms with Gasteiger partial charge in [0.25, 0.3) is 17.7 Å². The van der Waals surface area contributed by atoms with Crippen molar-refractivity contribution in [3.8, 4) is 85.8 Å². The molecular weight excluding hydrogens is 1130 g/mol. The van der Waals surface area contributed by atoms with Gasteiger partial charge in [-0.15, -0.1) is 0 Å². The van der Waals surface area contributed by atoms with Crippen molar-refractivity contribution in [2.45, 2.75) is 156 Å². The Balaban J connectivity index is 0.000000178. The largest absolute Gasteiger partial charge is 0.502 e. The van der Waals surface area contributed by atoms with Crippen LogP contribution in [0.4, 0.5) is 17.1 Å². The summed E-state index contributed by atoms with van der Waals surface area (Å²) in [5.74, 6) is 0.724. The topological polar surface area (TPSA) is 194 Å². The third kappa shape index (κ3) is 14.6. The van der Waals surface area contributed by atoms with Gasteiger partial charge in [-0.05, 0) is 207 Å². The van der Waals surface area contributed by atoms with E-state index in [1.807, 2.05) is 42.6 Å². The molecule has 0 aliphatic heterocycles. The van der Waals surface area contributed by atoms with Crippen LogP contribution in [0.25, 0.3) is 83.1 Å². The molecule has 3 aromatic heterocycles. The second-order valence-electron chi connectivity index (χ2n) is 21.3. The highest BCUT2D eigenvalue weighted by Crippen LogP contribution is 2.42. The summed E-state index contributed by atoms with van der Waals surface area (Å²) in [4.78, 5) is 23.5. The molecule has 3 N–H and O–H groups in total. The molecule has 0 bridgehead atoms. The highest BCUT2D eigenvalue weighted by Gasteiger charge is 2.30. The number of hydrogen-bond acceptors (Lipinski definition) is 15. The van der Waals surface area contributed by atoms with E-state index < -0.39 is 132 Å². The Kier molecular flexibility index (Phi) is 14.2. The summed E-state index contributed by atoms with van der Waals surface area (Å²) in [7, 11) is 0. The zero-order valence-electron chi connectivity index (χ0n) is 70.1. The summed E-state index contributed by atoms with van der Waals surface area (Å²) in [6.45, 7) is 33.3. The van der Waals surface area contributed by atoms with Crippen LogP contribution < -0.4 is 30.2 Å². The van der Waals surface area contributed by atoms with Crippen LogP contribution in [0.1, 0.15) is 178 Å². The molecule has 3 atom stereocenters. The lowest BCUT2D eigenvalue weighted by Gasteiger charge is -2.13. The first-order valence-electron chi connectivity index (χ1n) is 38.7. The van der Waals surface area contributed by atoms with Gasteiger partial charge in [0.2, 0.25) is 34.5 Å². The molecule has 3 aliphatic rings. The van der Waals surface area contributed by atoms with Gasteiger partial charge in [0, 0.05) is 66.6 Å². The minimum absolute atomic E-state index is 0.0590. The second kappa shape index (κ2) is 29.7. The van der Waals surface area contributed by atoms with Crippen LogP contribution >= 0.6 is 0 Å². The van der Waals surface area contributed by atoms with Gasteiger partial charge in [-0.25, -0.2) is 14.5 Å². The number of hydrogen-bond donors (Lipinski definition) is 3. The Morgan fingerprint density at radius 2 is 1.14 bits per heavy atom. The molecule has 3 heterocycles. The Morgan fingerprint density at radius 3 is 1.66 bits per heavy atom. The van der Waals surface area contributed by atoms with Crippen LogP contribution in [0.3, 0.4) is 0 Å². The van der Waals surface area contributed by atoms with Gasteiger partial charge >= 0.3 is 0 Å². The minimum atomic E-state index is -3.45. The molecule has 0 saturated carbocycles. The molecular formula is C72H78N12O6. The van der Waals surface area contributed by atoms with Gasteiger partial charge in [-0.3, -0.25) is 0 Å². The van der Waals surface area contributed by atoms with Crippen molar-refractivity contribution in [3.05, 3.63) is 177 Å². The number of rotatable bonds is 21. The molecule has 0 fully saturated rings. The summed E-state index contributed by atoms with van der Waals surface area (Å²) in [5.41, 5.74) is 5.04. The maximum atomic E-state index is 8.98. The van der Waals surface area contributed by atoms with E-state index in [0.29, 0.717) is 64.2 Å². The summed E-state index contributed by atoms with van der Waals surface area (Å²) >= 11 is 0. The smallest absolute Gasteiger partial charge is 0.256 e. The van der Waals surface area contributed by atoms with Crippen LogP contribution in [0.2, 0.25) is 0 Å². The molecule has 0 saturated heterocycles. The highest BCUT2D eigenvalue weighted by atomic mass is 16.5. The Hall–Kier alpha value is -9.51. The molecule has 9 aromatic rings. The van der Waals surface area contributed by atoms with E-state index in [1.165, 1.54) is 11.1 Å². The Labute approximate surface area is 554 Å². The number of nitrogens with zero attached hydrogens (tertiary/aromatic N) is 9. The molecule has 462 valence electrons. The second-order valence-corrected chi connectivity index (χ2v) is 21.3. The van der Waals surface area contributed by atoms with Gasteiger partial charge in [0.05, 0.1) is 48.9 Å². The number of ether oxygens (including phenoxy) is 3. The number of fused-ring (bicyclic) bond motifs is 3. The fourth-order valence-corrected chi connectivity index (χ4v) is 10.2. The van der Waals surface area contributed by atoms with E-state index in [-0.39, 0.29) is 17.5 Å². The Bertz CT molecular complexity index is 5090. The van der Waals surface area contributed by atoms with Gasteiger partial charge in [0.15, 0.2) is 0 Å². The van der Waals surface area contributed by atoms with Crippen molar-refractivity contribution >= 4 is 17.1 Å². The quantitative estimate of drug-likeness (QED) is 0.0575. The standard InChI is InChI=1S/3C24H26N4O2/c3*1-5-13-26-20-11-10-17-18(20)7-6-8-19(17)23-27-24(30-28-23)16-9-12-22(29-15(2)3)21(14-16)25-4/h3*6-9,12,14-15,20,26H,5,10-11,13H2,1-3H3/t3*20-/m000/s1/i5D2,6D,7D,8D,9D,10D2,11D2,12D,13D2,14D,20D;13D2,15D;15D. The molecule has 18 heteroatoms. The lowest BCUT2D eigenvalue weighted by atomic mass is 10.0. The van der Waals surface area contributed by atoms with Gasteiger partial charge in [0.1, 0.15) is 17.2 Å². The summed E-state index contributed by atoms with van der Waals surface area (Å²) < 4.78 is 191. The summed E-state index contributed by atoms with van der Waals surface area (Å²) in [6, 6.07) is 14.7. The lowest BCUT2D eigenvalue weighted by Crippen LogP contribution is -2.19. The monoisotopic (exact) mass is 1230 g/mol. The van der Waals surface area contributed by atoms with Crippen LogP contribution in [-0.2, 0) is 19.2 Å². The molecule has 6 aromatic carbocycles. The molecule has 0 radical (unpaired) electrons. The van der Waals surface area contributed by atoms with E-state index >= 15 is 0 Å². The molecule has 0 unspecified atom stereocenters. The van der Waals surface area contributed by atoms with E-state index in [4.69, 9.17) is 73.5 Å². The van der Waals surface area contributed by atoms with Crippen LogP contribution in [0, 0.1) is 19.7 Å². The number of aromatic nitrogens is 6. The van der Waals surface area contributed by atoms with E-state index in [2.05, 4.69) is 68.6 Å². The first-order valence-corrected chi connectivity index (χ1v) is 29.2. The van der Waals surface area contributed by atoms with Crippen molar-refractivity contribution in [3.63, 3.8) is 0 Å². The maximum Gasteiger partial charge on any atom is 0.256 e. The van der Waals surface area contributed by atoms with Gasteiger partial charge in [-0.2, -0.15) is 15.0 Å². The van der Waals surface area contributed by atoms with Crippen molar-refractivity contribution in [2.24, 2.45) is 0 Å². The van der Waals surface area contributed by atoms with E-state index in [0.717, 1.165) is 67.8 Å². The van der Waals surface area contributed by atoms with Crippen LogP contribution in [-0.4, -0.2) is 68.2 Å². The van der Waals surface area contributed by atoms with Crippen molar-refractivity contribution < 1.29 is 53.8 Å². The van der Waals surface area contributed by atoms with Crippen LogP contribution in [0.15, 0.2) is 123 Å². The summed E-state index contributed by atoms with van der Waals surface area (Å²) in [5, 5.41) is 20.7. The fourth-order valence-electron chi connectivity index (χ4n) is 10.2. The average molecular weight is 1230 g/mol. The predicted molar refractivity (Wildman–Crippen MR) is 350 cm³/mol.